The number of H-pyrrole nitrogens is 1. The van der Waals surface area contributed by atoms with Crippen LogP contribution in [0.5, 0.6) is 0 Å². The molecule has 1 aliphatic rings. The summed E-state index contributed by atoms with van der Waals surface area (Å²) in [5.74, 6) is -0.666. The van der Waals surface area contributed by atoms with E-state index < -0.39 is 21.4 Å². The number of aromatic amines is 1. The van der Waals surface area contributed by atoms with Crippen molar-refractivity contribution in [2.45, 2.75) is 11.8 Å². The van der Waals surface area contributed by atoms with Crippen molar-refractivity contribution in [1.82, 2.24) is 19.3 Å². The summed E-state index contributed by atoms with van der Waals surface area (Å²) in [5.41, 5.74) is -0.386. The number of hydrogen-bond donors (Lipinski definition) is 1. The number of sulfonamides is 1. The molecular weight excluding hydrogens is 385 g/mol. The first-order chi connectivity index (χ1) is 13.4. The van der Waals surface area contributed by atoms with Crippen molar-refractivity contribution < 1.29 is 12.8 Å². The topological polar surface area (TPSA) is 99.3 Å². The third kappa shape index (κ3) is 3.14. The van der Waals surface area contributed by atoms with Gasteiger partial charge in [-0.1, -0.05) is 18.2 Å². The van der Waals surface area contributed by atoms with E-state index in [1.54, 1.807) is 29.3 Å². The second-order valence-electron chi connectivity index (χ2n) is 6.51. The Kier molecular flexibility index (Phi) is 4.60. The molecule has 1 aliphatic heterocycles. The van der Waals surface area contributed by atoms with E-state index in [1.807, 2.05) is 12.1 Å². The Labute approximate surface area is 160 Å². The van der Waals surface area contributed by atoms with Crippen LogP contribution in [0.25, 0.3) is 10.9 Å². The molecule has 0 bridgehead atoms. The quantitative estimate of drug-likeness (QED) is 0.707. The molecule has 3 aromatic rings. The molecule has 8 nitrogen and oxygen atoms in total. The van der Waals surface area contributed by atoms with Gasteiger partial charge in [0.25, 0.3) is 5.56 Å². The van der Waals surface area contributed by atoms with Crippen LogP contribution in [0.1, 0.15) is 5.69 Å². The number of para-hydroxylation sites is 1. The summed E-state index contributed by atoms with van der Waals surface area (Å²) >= 11 is 0. The fourth-order valence-corrected chi connectivity index (χ4v) is 4.86. The van der Waals surface area contributed by atoms with Crippen molar-refractivity contribution in [3.8, 4) is 0 Å². The van der Waals surface area contributed by atoms with E-state index in [0.717, 1.165) is 5.39 Å². The number of halogens is 1. The van der Waals surface area contributed by atoms with Crippen molar-refractivity contribution in [2.75, 3.05) is 31.1 Å². The number of rotatable bonds is 3. The summed E-state index contributed by atoms with van der Waals surface area (Å²) in [4.78, 5) is 24.2. The molecular formula is C18H18FN5O3S. The summed E-state index contributed by atoms with van der Waals surface area (Å²) in [7, 11) is -3.73. The van der Waals surface area contributed by atoms with Gasteiger partial charge in [-0.05, 0) is 19.1 Å². The van der Waals surface area contributed by atoms with Gasteiger partial charge in [-0.15, -0.1) is 0 Å². The van der Waals surface area contributed by atoms with E-state index in [-0.39, 0.29) is 29.6 Å². The van der Waals surface area contributed by atoms with Crippen molar-refractivity contribution in [1.29, 1.82) is 0 Å². The first kappa shape index (κ1) is 18.5. The number of anilines is 1. The van der Waals surface area contributed by atoms with Crippen LogP contribution in [0, 0.1) is 12.7 Å². The SMILES string of the molecule is Cc1nc(N2CCN(S(=O)(=O)c3cccc4cccnc34)CC2)[nH]c(=O)c1F. The third-order valence-corrected chi connectivity index (χ3v) is 6.70. The molecule has 0 unspecified atom stereocenters. The molecule has 0 radical (unpaired) electrons. The van der Waals surface area contributed by atoms with Crippen molar-refractivity contribution in [3.63, 3.8) is 0 Å². The molecule has 1 fully saturated rings. The zero-order valence-electron chi connectivity index (χ0n) is 15.1. The van der Waals surface area contributed by atoms with Crippen molar-refractivity contribution >= 4 is 26.9 Å². The number of piperazine rings is 1. The highest BCUT2D eigenvalue weighted by Crippen LogP contribution is 2.25. The molecule has 3 heterocycles. The van der Waals surface area contributed by atoms with E-state index >= 15 is 0 Å². The van der Waals surface area contributed by atoms with E-state index in [2.05, 4.69) is 15.0 Å². The number of hydrogen-bond acceptors (Lipinski definition) is 6. The minimum absolute atomic E-state index is 0.00984. The van der Waals surface area contributed by atoms with E-state index in [4.69, 9.17) is 0 Å². The van der Waals surface area contributed by atoms with Gasteiger partial charge in [0.2, 0.25) is 21.8 Å². The van der Waals surface area contributed by atoms with E-state index in [1.165, 1.54) is 11.2 Å². The van der Waals surface area contributed by atoms with Gasteiger partial charge in [0.05, 0.1) is 11.2 Å². The van der Waals surface area contributed by atoms with Gasteiger partial charge in [0, 0.05) is 37.8 Å². The van der Waals surface area contributed by atoms with Crippen LogP contribution < -0.4 is 10.5 Å². The zero-order valence-corrected chi connectivity index (χ0v) is 15.9. The predicted octanol–water partition coefficient (Wildman–Crippen LogP) is 1.28. The molecule has 0 saturated carbocycles. The molecule has 146 valence electrons. The number of nitrogens with one attached hydrogen (secondary N) is 1. The lowest BCUT2D eigenvalue weighted by Gasteiger charge is -2.34. The maximum atomic E-state index is 13.5. The highest BCUT2D eigenvalue weighted by Gasteiger charge is 2.31. The fraction of sp³-hybridized carbons (Fsp3) is 0.278. The lowest BCUT2D eigenvalue weighted by molar-refractivity contribution is 0.382. The van der Waals surface area contributed by atoms with Gasteiger partial charge in [0.15, 0.2) is 0 Å². The maximum absolute atomic E-state index is 13.5. The van der Waals surface area contributed by atoms with Crippen LogP contribution >= 0.6 is 0 Å². The first-order valence-electron chi connectivity index (χ1n) is 8.73. The maximum Gasteiger partial charge on any atom is 0.288 e. The van der Waals surface area contributed by atoms with Crippen molar-refractivity contribution in [2.24, 2.45) is 0 Å². The van der Waals surface area contributed by atoms with Gasteiger partial charge in [-0.2, -0.15) is 8.70 Å². The average molecular weight is 403 g/mol. The zero-order chi connectivity index (χ0) is 19.9. The molecule has 0 amide bonds. The molecule has 4 rings (SSSR count). The summed E-state index contributed by atoms with van der Waals surface area (Å²) in [6.07, 6.45) is 1.57. The van der Waals surface area contributed by atoms with Crippen LogP contribution in [0.3, 0.4) is 0 Å². The number of aromatic nitrogens is 3. The Morgan fingerprint density at radius 1 is 1.11 bits per heavy atom. The fourth-order valence-electron chi connectivity index (χ4n) is 3.27. The van der Waals surface area contributed by atoms with Gasteiger partial charge < -0.3 is 4.90 Å². The predicted molar refractivity (Wildman–Crippen MR) is 102 cm³/mol. The Morgan fingerprint density at radius 2 is 1.82 bits per heavy atom. The van der Waals surface area contributed by atoms with E-state index in [0.29, 0.717) is 18.6 Å². The number of benzene rings is 1. The van der Waals surface area contributed by atoms with Crippen molar-refractivity contribution in [3.05, 3.63) is 58.4 Å². The lowest BCUT2D eigenvalue weighted by atomic mass is 10.2. The Balaban J connectivity index is 1.59. The Hall–Kier alpha value is -2.85. The second-order valence-corrected chi connectivity index (χ2v) is 8.42. The van der Waals surface area contributed by atoms with Gasteiger partial charge in [-0.3, -0.25) is 14.8 Å². The number of pyridine rings is 1. The van der Waals surface area contributed by atoms with Gasteiger partial charge in [-0.25, -0.2) is 13.4 Å². The third-order valence-electron chi connectivity index (χ3n) is 4.77. The minimum atomic E-state index is -3.73. The molecule has 0 atom stereocenters. The molecule has 1 saturated heterocycles. The van der Waals surface area contributed by atoms with Gasteiger partial charge in [0.1, 0.15) is 4.90 Å². The Morgan fingerprint density at radius 3 is 2.54 bits per heavy atom. The summed E-state index contributed by atoms with van der Waals surface area (Å²) < 4.78 is 41.2. The summed E-state index contributed by atoms with van der Waals surface area (Å²) in [6, 6.07) is 8.65. The lowest BCUT2D eigenvalue weighted by Crippen LogP contribution is -2.49. The van der Waals surface area contributed by atoms with Gasteiger partial charge >= 0.3 is 0 Å². The second kappa shape index (κ2) is 6.95. The smallest absolute Gasteiger partial charge is 0.288 e. The van der Waals surface area contributed by atoms with Crippen LogP contribution in [0.2, 0.25) is 0 Å². The summed E-state index contributed by atoms with van der Waals surface area (Å²) in [6.45, 7) is 2.50. The number of fused-ring (bicyclic) bond motifs is 1. The molecule has 28 heavy (non-hydrogen) atoms. The van der Waals surface area contributed by atoms with E-state index in [9.17, 15) is 17.6 Å². The molecule has 0 spiro atoms. The standard InChI is InChI=1S/C18H18FN5O3S/c1-12-15(19)17(25)22-18(21-12)23-8-10-24(11-9-23)28(26,27)14-6-2-4-13-5-3-7-20-16(13)14/h2-7H,8-11H2,1H3,(H,21,22,25). The van der Waals surface area contributed by atoms with Crippen LogP contribution in [-0.2, 0) is 10.0 Å². The average Bonchev–Trinajstić information content (AvgIpc) is 2.71. The largest absolute Gasteiger partial charge is 0.340 e. The van der Waals surface area contributed by atoms with Crippen LogP contribution in [-0.4, -0.2) is 53.9 Å². The molecule has 0 aliphatic carbocycles. The Bertz CT molecular complexity index is 1200. The van der Waals surface area contributed by atoms with Crippen LogP contribution in [0.4, 0.5) is 10.3 Å². The molecule has 2 aromatic heterocycles. The number of aryl methyl sites for hydroxylation is 1. The molecule has 1 N–H and O–H groups in total. The molecule has 10 heteroatoms. The highest BCUT2D eigenvalue weighted by atomic mass is 32.2. The summed E-state index contributed by atoms with van der Waals surface area (Å²) in [5, 5.41) is 0.755. The highest BCUT2D eigenvalue weighted by molar-refractivity contribution is 7.89. The minimum Gasteiger partial charge on any atom is -0.340 e. The normalized spacial score (nSPS) is 15.9. The first-order valence-corrected chi connectivity index (χ1v) is 10.2. The van der Waals surface area contributed by atoms with Crippen LogP contribution in [0.15, 0.2) is 46.2 Å². The molecule has 1 aromatic carbocycles. The monoisotopic (exact) mass is 403 g/mol. The number of nitrogens with zero attached hydrogens (tertiary/aromatic N) is 4.